The molecule has 0 radical (unpaired) electrons. The van der Waals surface area contributed by atoms with E-state index in [0.29, 0.717) is 0 Å². The van der Waals surface area contributed by atoms with Gasteiger partial charge in [-0.25, -0.2) is 15.0 Å². The standard InChI is InChI=1S/C12H9N3/c1-2-6-13-11-9(4-1)8-10-5-3-7-14-12(10)15-11/h1,3-8H,2H2. The predicted octanol–water partition coefficient (Wildman–Crippen LogP) is 2.75. The predicted molar refractivity (Wildman–Crippen MR) is 61.3 cm³/mol. The molecule has 0 atom stereocenters. The van der Waals surface area contributed by atoms with Crippen molar-refractivity contribution >= 4 is 29.1 Å². The van der Waals surface area contributed by atoms with Crippen LogP contribution < -0.4 is 0 Å². The van der Waals surface area contributed by atoms with E-state index in [1.54, 1.807) is 6.20 Å². The number of aliphatic imine (C=N–C) groups is 1. The molecule has 0 fully saturated rings. The van der Waals surface area contributed by atoms with Crippen molar-refractivity contribution in [2.75, 3.05) is 0 Å². The molecule has 0 bridgehead atoms. The van der Waals surface area contributed by atoms with Gasteiger partial charge in [-0.3, -0.25) is 0 Å². The summed E-state index contributed by atoms with van der Waals surface area (Å²) in [6.45, 7) is 0. The molecule has 2 aromatic rings. The first-order valence-electron chi connectivity index (χ1n) is 4.88. The lowest BCUT2D eigenvalue weighted by molar-refractivity contribution is 1.25. The monoisotopic (exact) mass is 195 g/mol. The normalized spacial score (nSPS) is 13.9. The van der Waals surface area contributed by atoms with Gasteiger partial charge in [0.25, 0.3) is 0 Å². The Morgan fingerprint density at radius 2 is 2.27 bits per heavy atom. The number of hydrogen-bond donors (Lipinski definition) is 0. The van der Waals surface area contributed by atoms with Crippen molar-refractivity contribution in [3.05, 3.63) is 36.0 Å². The van der Waals surface area contributed by atoms with E-state index in [1.165, 1.54) is 0 Å². The fraction of sp³-hybridized carbons (Fsp3) is 0.0833. The van der Waals surface area contributed by atoms with Crippen molar-refractivity contribution in [3.8, 4) is 0 Å². The van der Waals surface area contributed by atoms with Crippen molar-refractivity contribution in [2.45, 2.75) is 6.42 Å². The first kappa shape index (κ1) is 8.29. The summed E-state index contributed by atoms with van der Waals surface area (Å²) in [7, 11) is 0. The zero-order valence-corrected chi connectivity index (χ0v) is 8.09. The minimum Gasteiger partial charge on any atom is -0.241 e. The number of aromatic nitrogens is 2. The highest BCUT2D eigenvalue weighted by molar-refractivity contribution is 5.83. The smallest absolute Gasteiger partial charge is 0.161 e. The molecule has 0 saturated carbocycles. The highest BCUT2D eigenvalue weighted by Gasteiger charge is 2.04. The molecule has 2 aromatic heterocycles. The number of rotatable bonds is 0. The largest absolute Gasteiger partial charge is 0.241 e. The molecule has 3 nitrogen and oxygen atoms in total. The molecule has 0 saturated heterocycles. The van der Waals surface area contributed by atoms with Gasteiger partial charge in [-0.2, -0.15) is 0 Å². The van der Waals surface area contributed by atoms with Crippen LogP contribution in [0.3, 0.4) is 0 Å². The SMILES string of the molecule is C1=Cc2cc3cccnc3nc2N=CC1. The summed E-state index contributed by atoms with van der Waals surface area (Å²) < 4.78 is 0. The van der Waals surface area contributed by atoms with Gasteiger partial charge >= 0.3 is 0 Å². The average Bonchev–Trinajstić information content (AvgIpc) is 2.50. The summed E-state index contributed by atoms with van der Waals surface area (Å²) in [5, 5.41) is 1.05. The van der Waals surface area contributed by atoms with Gasteiger partial charge in [-0.15, -0.1) is 0 Å². The van der Waals surface area contributed by atoms with Crippen molar-refractivity contribution < 1.29 is 0 Å². The van der Waals surface area contributed by atoms with Crippen LogP contribution in [0.2, 0.25) is 0 Å². The van der Waals surface area contributed by atoms with Crippen LogP contribution >= 0.6 is 0 Å². The summed E-state index contributed by atoms with van der Waals surface area (Å²) in [6.07, 6.45) is 8.61. The Morgan fingerprint density at radius 3 is 3.27 bits per heavy atom. The van der Waals surface area contributed by atoms with Crippen LogP contribution in [-0.4, -0.2) is 16.2 Å². The lowest BCUT2D eigenvalue weighted by Gasteiger charge is -2.01. The van der Waals surface area contributed by atoms with E-state index in [0.717, 1.165) is 28.8 Å². The Hall–Kier alpha value is -2.03. The maximum Gasteiger partial charge on any atom is 0.161 e. The third kappa shape index (κ3) is 1.42. The molecule has 0 N–H and O–H groups in total. The number of nitrogens with zero attached hydrogens (tertiary/aromatic N) is 3. The highest BCUT2D eigenvalue weighted by Crippen LogP contribution is 2.23. The van der Waals surface area contributed by atoms with E-state index in [9.17, 15) is 0 Å². The second-order valence-electron chi connectivity index (χ2n) is 3.40. The van der Waals surface area contributed by atoms with E-state index < -0.39 is 0 Å². The molecule has 3 heterocycles. The lowest BCUT2D eigenvalue weighted by Crippen LogP contribution is -1.86. The topological polar surface area (TPSA) is 38.1 Å². The first-order valence-corrected chi connectivity index (χ1v) is 4.88. The molecule has 1 aliphatic rings. The second kappa shape index (κ2) is 3.28. The summed E-state index contributed by atoms with van der Waals surface area (Å²) in [5.41, 5.74) is 1.81. The average molecular weight is 195 g/mol. The Kier molecular flexibility index (Phi) is 1.81. The van der Waals surface area contributed by atoms with Gasteiger partial charge in [0.05, 0.1) is 0 Å². The van der Waals surface area contributed by atoms with E-state index in [4.69, 9.17) is 0 Å². The van der Waals surface area contributed by atoms with Crippen molar-refractivity contribution in [1.82, 2.24) is 9.97 Å². The molecule has 3 heteroatoms. The molecule has 72 valence electrons. The van der Waals surface area contributed by atoms with Gasteiger partial charge in [-0.1, -0.05) is 12.2 Å². The zero-order valence-electron chi connectivity index (χ0n) is 8.09. The molecule has 3 rings (SSSR count). The van der Waals surface area contributed by atoms with E-state index in [-0.39, 0.29) is 0 Å². The third-order valence-corrected chi connectivity index (χ3v) is 2.35. The fourth-order valence-corrected chi connectivity index (χ4v) is 1.63. The van der Waals surface area contributed by atoms with Crippen LogP contribution in [-0.2, 0) is 0 Å². The molecule has 0 unspecified atom stereocenters. The number of hydrogen-bond acceptors (Lipinski definition) is 3. The van der Waals surface area contributed by atoms with Gasteiger partial charge in [0.2, 0.25) is 0 Å². The number of pyridine rings is 2. The second-order valence-corrected chi connectivity index (χ2v) is 3.40. The van der Waals surface area contributed by atoms with Crippen LogP contribution in [0, 0.1) is 0 Å². The van der Waals surface area contributed by atoms with E-state index in [1.807, 2.05) is 18.3 Å². The van der Waals surface area contributed by atoms with Gasteiger partial charge in [0.15, 0.2) is 11.5 Å². The molecule has 0 aromatic carbocycles. The van der Waals surface area contributed by atoms with Crippen molar-refractivity contribution in [2.24, 2.45) is 4.99 Å². The van der Waals surface area contributed by atoms with E-state index in [2.05, 4.69) is 33.2 Å². The Morgan fingerprint density at radius 1 is 1.27 bits per heavy atom. The van der Waals surface area contributed by atoms with Gasteiger partial charge in [-0.05, 0) is 18.2 Å². The van der Waals surface area contributed by atoms with Crippen LogP contribution in [0.1, 0.15) is 12.0 Å². The molecule has 0 aliphatic carbocycles. The fourth-order valence-electron chi connectivity index (χ4n) is 1.63. The third-order valence-electron chi connectivity index (χ3n) is 2.35. The Labute approximate surface area is 87.2 Å². The molecule has 0 amide bonds. The maximum absolute atomic E-state index is 4.42. The van der Waals surface area contributed by atoms with Gasteiger partial charge < -0.3 is 0 Å². The first-order chi connectivity index (χ1) is 7.43. The van der Waals surface area contributed by atoms with Crippen molar-refractivity contribution in [1.29, 1.82) is 0 Å². The number of allylic oxidation sites excluding steroid dienone is 1. The zero-order chi connectivity index (χ0) is 10.1. The molecular weight excluding hydrogens is 186 g/mol. The minimum atomic E-state index is 0.753. The van der Waals surface area contributed by atoms with Crippen LogP contribution in [0.15, 0.2) is 35.5 Å². The molecule has 1 aliphatic heterocycles. The molecule has 15 heavy (non-hydrogen) atoms. The lowest BCUT2D eigenvalue weighted by atomic mass is 10.2. The van der Waals surface area contributed by atoms with Gasteiger partial charge in [0.1, 0.15) is 0 Å². The van der Waals surface area contributed by atoms with Crippen LogP contribution in [0.25, 0.3) is 17.1 Å². The maximum atomic E-state index is 4.42. The summed E-state index contributed by atoms with van der Waals surface area (Å²) in [5.74, 6) is 0.759. The summed E-state index contributed by atoms with van der Waals surface area (Å²) in [4.78, 5) is 12.9. The van der Waals surface area contributed by atoms with E-state index >= 15 is 0 Å². The summed E-state index contributed by atoms with van der Waals surface area (Å²) >= 11 is 0. The van der Waals surface area contributed by atoms with Crippen LogP contribution in [0.4, 0.5) is 5.82 Å². The molecule has 0 spiro atoms. The van der Waals surface area contributed by atoms with Gasteiger partial charge in [0, 0.05) is 29.8 Å². The Bertz CT molecular complexity index is 520. The van der Waals surface area contributed by atoms with Crippen molar-refractivity contribution in [3.63, 3.8) is 0 Å². The Balaban J connectivity index is 2.35. The van der Waals surface area contributed by atoms with Crippen LogP contribution in [0.5, 0.6) is 0 Å². The summed E-state index contributed by atoms with van der Waals surface area (Å²) in [6, 6.07) is 6.00. The quantitative estimate of drug-likeness (QED) is 0.648. The molecular formula is C12H9N3. The highest BCUT2D eigenvalue weighted by atomic mass is 14.9. The number of fused-ring (bicyclic) bond motifs is 2. The minimum absolute atomic E-state index is 0.753.